The molecule has 19 heteroatoms. The summed E-state index contributed by atoms with van der Waals surface area (Å²) < 4.78 is 15.7. The van der Waals surface area contributed by atoms with Gasteiger partial charge in [-0.3, -0.25) is 25.0 Å². The minimum absolute atomic E-state index is 0.171. The maximum Gasteiger partial charge on any atom is 0.412 e. The van der Waals surface area contributed by atoms with E-state index >= 15 is 0 Å². The first-order valence-corrected chi connectivity index (χ1v) is 23.1. The monoisotopic (exact) mass is 1020 g/mol. The van der Waals surface area contributed by atoms with Crippen molar-refractivity contribution in [1.29, 1.82) is 0 Å². The van der Waals surface area contributed by atoms with Gasteiger partial charge in [-0.2, -0.15) is 19.2 Å². The Kier molecular flexibility index (Phi) is 20.3. The molecule has 0 aliphatic rings. The second-order valence-electron chi connectivity index (χ2n) is 18.8. The molecule has 0 spiro atoms. The number of nitrogens with one attached hydrogen (secondary N) is 5. The molecule has 0 atom stereocenters. The number of carbonyl (C=O) groups is 5. The summed E-state index contributed by atoms with van der Waals surface area (Å²) in [5, 5.41) is 14.1. The highest BCUT2D eigenvalue weighted by atomic mass is 16.6. The van der Waals surface area contributed by atoms with Crippen LogP contribution in [-0.4, -0.2) is 67.1 Å². The minimum Gasteiger partial charge on any atom is -0.444 e. The second-order valence-corrected chi connectivity index (χ2v) is 18.8. The van der Waals surface area contributed by atoms with Crippen LogP contribution in [0.25, 0.3) is 22.3 Å². The standard InChI is InChI=1S/C30H33N5O4.C24H27N3O3.2CO2/c1-19-7-11-22(12-8-19)31-27(36)25-15-21(17-34(25)5)20-9-13-23(14-10-20)32-28(37)26-16-24(18-35(26)6)33-29(38)39-30(2,3)4;1-16-6-10-19(11-7-16)25-22(28)21-14-18(15-27(21)5)17-8-12-20(13-9-17)26-23(29)30-24(2,3)4;2*2-1-3/h7-18H,1-6H3,(H,31,36)(H,32,37)(H,33,38);6-15H,1-5H3,(H,25,28)(H,26,29);;. The maximum absolute atomic E-state index is 12.9. The van der Waals surface area contributed by atoms with Gasteiger partial charge in [-0.25, -0.2) is 9.59 Å². The fourth-order valence-corrected chi connectivity index (χ4v) is 6.95. The van der Waals surface area contributed by atoms with Crippen molar-refractivity contribution in [2.24, 2.45) is 21.1 Å². The summed E-state index contributed by atoms with van der Waals surface area (Å²) in [5.41, 5.74) is 9.38. The zero-order valence-corrected chi connectivity index (χ0v) is 43.5. The van der Waals surface area contributed by atoms with Crippen LogP contribution in [0.5, 0.6) is 0 Å². The van der Waals surface area contributed by atoms with Gasteiger partial charge in [0.05, 0.1) is 5.69 Å². The van der Waals surface area contributed by atoms with E-state index in [1.54, 1.807) is 78.0 Å². The van der Waals surface area contributed by atoms with Crippen molar-refractivity contribution in [3.8, 4) is 22.3 Å². The fraction of sp³-hybridized carbons (Fsp3) is 0.232. The lowest BCUT2D eigenvalue weighted by Gasteiger charge is -2.19. The number of ether oxygens (including phenoxy) is 2. The summed E-state index contributed by atoms with van der Waals surface area (Å²) in [7, 11) is 5.39. The van der Waals surface area contributed by atoms with E-state index < -0.39 is 23.4 Å². The van der Waals surface area contributed by atoms with E-state index in [9.17, 15) is 24.0 Å². The molecular weight excluding hydrogens is 961 g/mol. The van der Waals surface area contributed by atoms with E-state index in [-0.39, 0.29) is 30.0 Å². The van der Waals surface area contributed by atoms with Crippen molar-refractivity contribution in [2.45, 2.75) is 66.6 Å². The van der Waals surface area contributed by atoms with Crippen molar-refractivity contribution >= 4 is 70.6 Å². The lowest BCUT2D eigenvalue weighted by molar-refractivity contribution is -0.193. The largest absolute Gasteiger partial charge is 0.444 e. The highest BCUT2D eigenvalue weighted by Crippen LogP contribution is 2.27. The first-order chi connectivity index (χ1) is 35.3. The smallest absolute Gasteiger partial charge is 0.412 e. The fourth-order valence-electron chi connectivity index (χ4n) is 6.95. The average Bonchev–Trinajstić information content (AvgIpc) is 4.03. The number of rotatable bonds is 10. The van der Waals surface area contributed by atoms with Crippen LogP contribution in [0.15, 0.2) is 134 Å². The first kappa shape index (κ1) is 58.0. The third kappa shape index (κ3) is 18.5. The van der Waals surface area contributed by atoms with Gasteiger partial charge in [-0.05, 0) is 133 Å². The molecule has 4 aromatic carbocycles. The number of aryl methyl sites for hydroxylation is 5. The molecule has 3 aromatic heterocycles. The quantitative estimate of drug-likeness (QED) is 0.0862. The third-order valence-electron chi connectivity index (χ3n) is 10.3. The molecule has 7 aromatic rings. The van der Waals surface area contributed by atoms with Gasteiger partial charge in [-0.1, -0.05) is 59.7 Å². The van der Waals surface area contributed by atoms with Gasteiger partial charge in [-0.15, -0.1) is 0 Å². The molecule has 19 nitrogen and oxygen atoms in total. The Morgan fingerprint density at radius 3 is 0.973 bits per heavy atom. The van der Waals surface area contributed by atoms with Crippen molar-refractivity contribution in [1.82, 2.24) is 13.7 Å². The maximum atomic E-state index is 12.9. The molecule has 390 valence electrons. The number of carbonyl (C=O) groups excluding carboxylic acids is 9. The molecule has 0 saturated heterocycles. The molecular formula is C56H60N8O11. The van der Waals surface area contributed by atoms with Crippen LogP contribution in [0.3, 0.4) is 0 Å². The highest BCUT2D eigenvalue weighted by Gasteiger charge is 2.20. The average molecular weight is 1020 g/mol. The number of aromatic nitrogens is 3. The van der Waals surface area contributed by atoms with Gasteiger partial charge in [0.1, 0.15) is 28.3 Å². The summed E-state index contributed by atoms with van der Waals surface area (Å²) in [5.74, 6) is -0.687. The molecule has 0 fully saturated rings. The Hall–Kier alpha value is -9.57. The third-order valence-corrected chi connectivity index (χ3v) is 10.3. The van der Waals surface area contributed by atoms with Crippen LogP contribution in [0.2, 0.25) is 0 Å². The van der Waals surface area contributed by atoms with Crippen LogP contribution >= 0.6 is 0 Å². The molecule has 3 heterocycles. The van der Waals surface area contributed by atoms with Crippen LogP contribution in [0.4, 0.5) is 38.0 Å². The minimum atomic E-state index is -0.625. The van der Waals surface area contributed by atoms with Crippen LogP contribution in [-0.2, 0) is 49.8 Å². The molecule has 0 aliphatic carbocycles. The van der Waals surface area contributed by atoms with Crippen LogP contribution in [0, 0.1) is 13.8 Å². The lowest BCUT2D eigenvalue weighted by atomic mass is 10.1. The summed E-state index contributed by atoms with van der Waals surface area (Å²) in [4.78, 5) is 94.8. The second kappa shape index (κ2) is 26.2. The summed E-state index contributed by atoms with van der Waals surface area (Å²) in [6.07, 6.45) is 4.85. The van der Waals surface area contributed by atoms with Crippen molar-refractivity contribution in [2.75, 3.05) is 26.6 Å². The van der Waals surface area contributed by atoms with E-state index in [2.05, 4.69) is 26.6 Å². The van der Waals surface area contributed by atoms with Crippen molar-refractivity contribution < 1.29 is 52.6 Å². The van der Waals surface area contributed by atoms with Gasteiger partial charge in [0, 0.05) is 73.6 Å². The summed E-state index contributed by atoms with van der Waals surface area (Å²) >= 11 is 0. The van der Waals surface area contributed by atoms with Gasteiger partial charge < -0.3 is 39.1 Å². The molecule has 0 saturated carbocycles. The van der Waals surface area contributed by atoms with E-state index in [0.29, 0.717) is 34.1 Å². The lowest BCUT2D eigenvalue weighted by Crippen LogP contribution is -2.27. The number of amides is 5. The molecule has 5 N–H and O–H groups in total. The zero-order valence-electron chi connectivity index (χ0n) is 43.5. The Morgan fingerprint density at radius 1 is 0.387 bits per heavy atom. The van der Waals surface area contributed by atoms with E-state index in [1.807, 2.05) is 146 Å². The SMILES string of the molecule is Cc1ccc(NC(=O)c2cc(-c3ccc(NC(=O)OC(C)(C)C)cc3)cn2C)cc1.Cc1ccc(NC(=O)c2cc(-c3ccc(NC(=O)c4cc(NC(=O)OC(C)(C)C)cn4C)cc3)cn2C)cc1.O=C=O.O=C=O. The Bertz CT molecular complexity index is 3150. The number of nitrogens with zero attached hydrogens (tertiary/aromatic N) is 3. The molecule has 0 unspecified atom stereocenters. The van der Waals surface area contributed by atoms with Crippen molar-refractivity contribution in [3.63, 3.8) is 0 Å². The van der Waals surface area contributed by atoms with Gasteiger partial charge in [0.2, 0.25) is 0 Å². The Balaban J connectivity index is 0.000000302. The van der Waals surface area contributed by atoms with E-state index in [1.165, 1.54) is 0 Å². The van der Waals surface area contributed by atoms with Crippen LogP contribution < -0.4 is 26.6 Å². The molecule has 0 radical (unpaired) electrons. The summed E-state index contributed by atoms with van der Waals surface area (Å²) in [6.45, 7) is 14.8. The predicted octanol–water partition coefficient (Wildman–Crippen LogP) is 10.6. The van der Waals surface area contributed by atoms with E-state index in [0.717, 1.165) is 44.8 Å². The first-order valence-electron chi connectivity index (χ1n) is 23.1. The number of anilines is 5. The molecule has 0 bridgehead atoms. The highest BCUT2D eigenvalue weighted by molar-refractivity contribution is 6.06. The van der Waals surface area contributed by atoms with Crippen molar-refractivity contribution in [3.05, 3.63) is 162 Å². The zero-order chi connectivity index (χ0) is 55.6. The molecule has 75 heavy (non-hydrogen) atoms. The topological polar surface area (TPSA) is 247 Å². The van der Waals surface area contributed by atoms with Gasteiger partial charge in [0.25, 0.3) is 17.7 Å². The molecule has 0 aliphatic heterocycles. The Morgan fingerprint density at radius 2 is 0.653 bits per heavy atom. The normalized spacial score (nSPS) is 10.4. The number of hydrogen-bond acceptors (Lipinski definition) is 11. The van der Waals surface area contributed by atoms with E-state index in [4.69, 9.17) is 28.7 Å². The molecule has 5 amide bonds. The molecule has 7 rings (SSSR count). The number of benzene rings is 4. The Labute approximate surface area is 434 Å². The van der Waals surface area contributed by atoms with Gasteiger partial charge >= 0.3 is 24.5 Å². The van der Waals surface area contributed by atoms with Crippen LogP contribution in [0.1, 0.15) is 84.1 Å². The number of hydrogen-bond donors (Lipinski definition) is 5. The van der Waals surface area contributed by atoms with Gasteiger partial charge in [0.15, 0.2) is 0 Å². The predicted molar refractivity (Wildman–Crippen MR) is 283 cm³/mol. The summed E-state index contributed by atoms with van der Waals surface area (Å²) in [6, 6.07) is 35.3.